The second-order valence-electron chi connectivity index (χ2n) is 13.3. The van der Waals surface area contributed by atoms with Crippen molar-refractivity contribution in [3.8, 4) is 0 Å². The van der Waals surface area contributed by atoms with Crippen molar-refractivity contribution in [2.45, 2.75) is 64.2 Å². The molecule has 15 heteroatoms. The van der Waals surface area contributed by atoms with Gasteiger partial charge >= 0.3 is 0 Å². The highest BCUT2D eigenvalue weighted by Crippen LogP contribution is 2.34. The number of nitrogens with one attached hydrogen (secondary N) is 2. The molecule has 0 unspecified atom stereocenters. The first kappa shape index (κ1) is 54.1. The van der Waals surface area contributed by atoms with Crippen LogP contribution in [-0.4, -0.2) is 101 Å². The number of para-hydroxylation sites is 2. The molecule has 0 fully saturated rings. The van der Waals surface area contributed by atoms with Gasteiger partial charge in [0, 0.05) is 96.3 Å². The van der Waals surface area contributed by atoms with Crippen LogP contribution >= 0.6 is 96.0 Å². The third kappa shape index (κ3) is 16.0. The summed E-state index contributed by atoms with van der Waals surface area (Å²) in [5.74, 6) is 2.64. The zero-order chi connectivity index (χ0) is 35.0. The van der Waals surface area contributed by atoms with Crippen molar-refractivity contribution in [2.75, 3.05) is 86.5 Å². The van der Waals surface area contributed by atoms with E-state index in [-0.39, 0.29) is 55.1 Å². The number of alkyl halides is 4. The van der Waals surface area contributed by atoms with Crippen LogP contribution in [0.15, 0.2) is 48.5 Å². The predicted molar refractivity (Wildman–Crippen MR) is 251 cm³/mol. The molecule has 0 amide bonds. The van der Waals surface area contributed by atoms with Crippen LogP contribution in [0.3, 0.4) is 0 Å². The van der Waals surface area contributed by atoms with Gasteiger partial charge in [-0.15, -0.1) is 96.0 Å². The maximum Gasteiger partial charge on any atom is 0.0726 e. The van der Waals surface area contributed by atoms with Gasteiger partial charge in [0.2, 0.25) is 0 Å². The van der Waals surface area contributed by atoms with Crippen LogP contribution in [0.1, 0.15) is 61.0 Å². The van der Waals surface area contributed by atoms with Gasteiger partial charge in [-0.2, -0.15) is 0 Å². The Morgan fingerprint density at radius 3 is 1.20 bits per heavy atom. The van der Waals surface area contributed by atoms with Gasteiger partial charge in [0.15, 0.2) is 0 Å². The van der Waals surface area contributed by atoms with E-state index in [1.165, 1.54) is 70.3 Å². The molecule has 0 aliphatic heterocycles. The zero-order valence-corrected chi connectivity index (χ0v) is 37.9. The van der Waals surface area contributed by atoms with Crippen molar-refractivity contribution in [3.63, 3.8) is 0 Å². The van der Waals surface area contributed by atoms with Crippen LogP contribution < -0.4 is 10.6 Å². The number of halogens is 8. The smallest absolute Gasteiger partial charge is 0.0726 e. The second kappa shape index (κ2) is 30.2. The highest BCUT2D eigenvalue weighted by atomic mass is 35.5. The average molecular weight is 925 g/mol. The van der Waals surface area contributed by atoms with Crippen molar-refractivity contribution in [2.24, 2.45) is 0 Å². The maximum absolute atomic E-state index is 5.88. The van der Waals surface area contributed by atoms with Crippen LogP contribution in [0.2, 0.25) is 0 Å². The highest BCUT2D eigenvalue weighted by Gasteiger charge is 2.19. The molecule has 0 bridgehead atoms. The van der Waals surface area contributed by atoms with Gasteiger partial charge in [-0.3, -0.25) is 9.97 Å². The van der Waals surface area contributed by atoms with Gasteiger partial charge in [0.05, 0.1) is 11.0 Å². The SMILES string of the molecule is Cl.Cl.Cl.Cl.ClCCN(CCCl)CCCNc1c2c(nc3ccccc13)CCCC2.ClCCN(CCCl)CCCNc1c2c(nc3ccccc13)CCCC2.O. The van der Waals surface area contributed by atoms with Crippen LogP contribution in [0.4, 0.5) is 11.4 Å². The van der Waals surface area contributed by atoms with Gasteiger partial charge in [-0.1, -0.05) is 36.4 Å². The van der Waals surface area contributed by atoms with Crippen molar-refractivity contribution in [1.29, 1.82) is 0 Å². The van der Waals surface area contributed by atoms with E-state index < -0.39 is 0 Å². The molecule has 2 heterocycles. The number of fused-ring (bicyclic) bond motifs is 4. The number of benzene rings is 2. The number of aromatic nitrogens is 2. The van der Waals surface area contributed by atoms with E-state index in [4.69, 9.17) is 56.4 Å². The van der Waals surface area contributed by atoms with E-state index in [2.05, 4.69) is 69.0 Å². The summed E-state index contributed by atoms with van der Waals surface area (Å²) in [7, 11) is 0. The molecule has 6 rings (SSSR count). The fourth-order valence-electron chi connectivity index (χ4n) is 7.33. The Kier molecular flexibility index (Phi) is 29.6. The fraction of sp³-hybridized carbons (Fsp3) is 0.550. The van der Waals surface area contributed by atoms with Gasteiger partial charge < -0.3 is 25.9 Å². The minimum Gasteiger partial charge on any atom is -0.412 e. The van der Waals surface area contributed by atoms with Crippen molar-refractivity contribution in [1.82, 2.24) is 19.8 Å². The van der Waals surface area contributed by atoms with Gasteiger partial charge in [-0.25, -0.2) is 0 Å². The topological polar surface area (TPSA) is 87.8 Å². The Hall–Kier alpha value is -0.940. The molecule has 0 radical (unpaired) electrons. The van der Waals surface area contributed by atoms with Gasteiger partial charge in [0.25, 0.3) is 0 Å². The van der Waals surface area contributed by atoms with E-state index >= 15 is 0 Å². The lowest BCUT2D eigenvalue weighted by atomic mass is 9.92. The van der Waals surface area contributed by atoms with Crippen LogP contribution in [0.5, 0.6) is 0 Å². The molecule has 2 aromatic heterocycles. The summed E-state index contributed by atoms with van der Waals surface area (Å²) >= 11 is 23.5. The average Bonchev–Trinajstić information content (AvgIpc) is 3.14. The fourth-order valence-corrected chi connectivity index (χ4v) is 8.29. The number of pyridine rings is 2. The summed E-state index contributed by atoms with van der Waals surface area (Å²) < 4.78 is 0. The van der Waals surface area contributed by atoms with E-state index in [1.54, 1.807) is 0 Å². The Bertz CT molecular complexity index is 1510. The Morgan fingerprint density at radius 1 is 0.491 bits per heavy atom. The Balaban J connectivity index is 0.000000972. The first-order valence-electron chi connectivity index (χ1n) is 18.6. The Labute approximate surface area is 373 Å². The minimum atomic E-state index is 0. The standard InChI is InChI=1S/2C20H27Cl2N3.4ClH.H2O/c2*21-10-14-25(15-11-22)13-5-12-23-20-16-6-1-3-8-18(16)24-19-9-4-2-7-17(19)20;;;;;/h2*1,3,6,8H,2,4-5,7,9-15H2,(H,23,24);4*1H;1H2. The third-order valence-electron chi connectivity index (χ3n) is 9.85. The summed E-state index contributed by atoms with van der Waals surface area (Å²) in [5.41, 5.74) is 10.3. The minimum absolute atomic E-state index is 0. The van der Waals surface area contributed by atoms with E-state index in [0.717, 1.165) is 102 Å². The number of hydrogen-bond acceptors (Lipinski definition) is 6. The lowest BCUT2D eigenvalue weighted by molar-refractivity contribution is 0.306. The molecular formula is C40H60Cl8N6O. The number of anilines is 2. The summed E-state index contributed by atoms with van der Waals surface area (Å²) in [6.07, 6.45) is 11.7. The summed E-state index contributed by atoms with van der Waals surface area (Å²) in [4.78, 5) is 14.5. The quantitative estimate of drug-likeness (QED) is 0.0764. The zero-order valence-electron chi connectivity index (χ0n) is 31.6. The van der Waals surface area contributed by atoms with E-state index in [0.29, 0.717) is 23.5 Å². The molecule has 2 aliphatic rings. The molecule has 0 spiro atoms. The Morgan fingerprint density at radius 2 is 0.836 bits per heavy atom. The first-order chi connectivity index (χ1) is 24.7. The molecule has 2 aliphatic carbocycles. The number of nitrogens with zero attached hydrogens (tertiary/aromatic N) is 4. The summed E-state index contributed by atoms with van der Waals surface area (Å²) in [5, 5.41) is 9.95. The molecule has 312 valence electrons. The third-order valence-corrected chi connectivity index (χ3v) is 10.5. The van der Waals surface area contributed by atoms with Crippen molar-refractivity contribution in [3.05, 3.63) is 71.0 Å². The summed E-state index contributed by atoms with van der Waals surface area (Å²) in [6.45, 7) is 7.59. The molecule has 0 saturated carbocycles. The number of rotatable bonds is 18. The molecule has 4 N–H and O–H groups in total. The number of aryl methyl sites for hydroxylation is 2. The first-order valence-corrected chi connectivity index (χ1v) is 20.8. The van der Waals surface area contributed by atoms with E-state index in [1.807, 2.05) is 0 Å². The lowest BCUT2D eigenvalue weighted by Crippen LogP contribution is -2.30. The normalized spacial score (nSPS) is 12.8. The number of hydrogen-bond donors (Lipinski definition) is 2. The molecule has 0 saturated heterocycles. The summed E-state index contributed by atoms with van der Waals surface area (Å²) in [6, 6.07) is 17.0. The van der Waals surface area contributed by atoms with Crippen LogP contribution in [-0.2, 0) is 25.7 Å². The molecule has 0 atom stereocenters. The van der Waals surface area contributed by atoms with Crippen molar-refractivity contribution >= 4 is 129 Å². The largest absolute Gasteiger partial charge is 0.412 e. The maximum atomic E-state index is 5.88. The molecule has 4 aromatic rings. The molecule has 7 nitrogen and oxygen atoms in total. The molecule has 2 aromatic carbocycles. The van der Waals surface area contributed by atoms with Gasteiger partial charge in [0.1, 0.15) is 0 Å². The lowest BCUT2D eigenvalue weighted by Gasteiger charge is -2.23. The van der Waals surface area contributed by atoms with Crippen LogP contribution in [0.25, 0.3) is 21.8 Å². The molecule has 55 heavy (non-hydrogen) atoms. The monoisotopic (exact) mass is 920 g/mol. The second-order valence-corrected chi connectivity index (χ2v) is 14.8. The van der Waals surface area contributed by atoms with Gasteiger partial charge in [-0.05, 0) is 101 Å². The molecular weight excluding hydrogens is 864 g/mol. The van der Waals surface area contributed by atoms with Crippen LogP contribution in [0, 0.1) is 0 Å². The highest BCUT2D eigenvalue weighted by molar-refractivity contribution is 6.18. The van der Waals surface area contributed by atoms with Crippen molar-refractivity contribution < 1.29 is 5.48 Å². The predicted octanol–water partition coefficient (Wildman–Crippen LogP) is 10.3. The van der Waals surface area contributed by atoms with E-state index in [9.17, 15) is 0 Å².